The predicted octanol–water partition coefficient (Wildman–Crippen LogP) is 2.98. The number of rotatable bonds is 3. The highest BCUT2D eigenvalue weighted by molar-refractivity contribution is 5.49. The molecule has 3 aliphatic rings. The second kappa shape index (κ2) is 4.45. The standard InChI is InChI=1S/C17H25N3/c1-11(2)16-8-18-17(7-15(16)12-4-5-12)20-10-13-6-14(20)9-19(13)3/h7-8,11-14H,4-6,9-10H2,1-3H3/t13-,14-/m1/s1. The molecule has 0 aromatic carbocycles. The van der Waals surface area contributed by atoms with Crippen molar-refractivity contribution in [2.45, 2.75) is 57.0 Å². The number of piperazine rings is 1. The van der Waals surface area contributed by atoms with E-state index in [4.69, 9.17) is 4.98 Å². The van der Waals surface area contributed by atoms with Crippen molar-refractivity contribution in [3.05, 3.63) is 23.4 Å². The fourth-order valence-electron chi connectivity index (χ4n) is 4.00. The van der Waals surface area contributed by atoms with Gasteiger partial charge in [-0.2, -0.15) is 0 Å². The topological polar surface area (TPSA) is 19.4 Å². The van der Waals surface area contributed by atoms with Crippen molar-refractivity contribution in [2.24, 2.45) is 0 Å². The maximum Gasteiger partial charge on any atom is 0.129 e. The Bertz CT molecular complexity index is 519. The first kappa shape index (κ1) is 12.6. The van der Waals surface area contributed by atoms with Gasteiger partial charge in [-0.3, -0.25) is 4.90 Å². The number of anilines is 1. The van der Waals surface area contributed by atoms with E-state index >= 15 is 0 Å². The molecule has 1 aromatic rings. The SMILES string of the molecule is CC(C)c1cnc(N2C[C@H]3C[C@@H]2CN3C)cc1C1CC1. The predicted molar refractivity (Wildman–Crippen MR) is 82.5 cm³/mol. The lowest BCUT2D eigenvalue weighted by molar-refractivity contribution is 0.292. The number of fused-ring (bicyclic) bond motifs is 2. The van der Waals surface area contributed by atoms with E-state index in [-0.39, 0.29) is 0 Å². The Morgan fingerprint density at radius 1 is 1.20 bits per heavy atom. The number of likely N-dealkylation sites (N-methyl/N-ethyl adjacent to an activating group) is 1. The van der Waals surface area contributed by atoms with Gasteiger partial charge in [0.2, 0.25) is 0 Å². The summed E-state index contributed by atoms with van der Waals surface area (Å²) in [6, 6.07) is 3.85. The van der Waals surface area contributed by atoms with E-state index in [1.165, 1.54) is 43.7 Å². The Morgan fingerprint density at radius 3 is 2.55 bits per heavy atom. The highest BCUT2D eigenvalue weighted by Gasteiger charge is 2.42. The summed E-state index contributed by atoms with van der Waals surface area (Å²) in [5.74, 6) is 2.64. The van der Waals surface area contributed by atoms with Crippen LogP contribution in [0.5, 0.6) is 0 Å². The molecule has 0 N–H and O–H groups in total. The summed E-state index contributed by atoms with van der Waals surface area (Å²) in [6.45, 7) is 6.95. The molecule has 0 radical (unpaired) electrons. The molecule has 1 aromatic heterocycles. The zero-order chi connectivity index (χ0) is 13.9. The molecule has 1 saturated carbocycles. The Kier molecular flexibility index (Phi) is 2.81. The molecule has 0 spiro atoms. The zero-order valence-electron chi connectivity index (χ0n) is 12.8. The second-order valence-electron chi connectivity index (χ2n) is 7.24. The molecule has 3 fully saturated rings. The monoisotopic (exact) mass is 271 g/mol. The van der Waals surface area contributed by atoms with Gasteiger partial charge in [-0.1, -0.05) is 13.8 Å². The first-order valence-corrected chi connectivity index (χ1v) is 8.10. The van der Waals surface area contributed by atoms with Gasteiger partial charge in [-0.15, -0.1) is 0 Å². The maximum atomic E-state index is 4.80. The van der Waals surface area contributed by atoms with Crippen LogP contribution in [0.15, 0.2) is 12.3 Å². The molecule has 108 valence electrons. The van der Waals surface area contributed by atoms with Crippen LogP contribution >= 0.6 is 0 Å². The molecular formula is C17H25N3. The lowest BCUT2D eigenvalue weighted by Crippen LogP contribution is -2.44. The van der Waals surface area contributed by atoms with Crippen LogP contribution in [-0.2, 0) is 0 Å². The molecule has 2 saturated heterocycles. The van der Waals surface area contributed by atoms with Crippen molar-refractivity contribution >= 4 is 5.82 Å². The molecule has 2 aliphatic heterocycles. The average molecular weight is 271 g/mol. The fourth-order valence-corrected chi connectivity index (χ4v) is 4.00. The first-order chi connectivity index (χ1) is 9.63. The van der Waals surface area contributed by atoms with E-state index in [1.54, 1.807) is 5.56 Å². The first-order valence-electron chi connectivity index (χ1n) is 8.10. The minimum Gasteiger partial charge on any atom is -0.351 e. The number of nitrogens with zero attached hydrogens (tertiary/aromatic N) is 3. The van der Waals surface area contributed by atoms with Crippen LogP contribution in [0.4, 0.5) is 5.82 Å². The Labute approximate surface area is 122 Å². The van der Waals surface area contributed by atoms with Crippen LogP contribution in [0.3, 0.4) is 0 Å². The summed E-state index contributed by atoms with van der Waals surface area (Å²) in [7, 11) is 2.26. The lowest BCUT2D eigenvalue weighted by Gasteiger charge is -2.33. The van der Waals surface area contributed by atoms with Crippen LogP contribution in [-0.4, -0.2) is 42.1 Å². The van der Waals surface area contributed by atoms with Crippen LogP contribution in [0.1, 0.15) is 56.1 Å². The van der Waals surface area contributed by atoms with Crippen molar-refractivity contribution in [1.29, 1.82) is 0 Å². The van der Waals surface area contributed by atoms with E-state index < -0.39 is 0 Å². The van der Waals surface area contributed by atoms with Crippen molar-refractivity contribution < 1.29 is 0 Å². The quantitative estimate of drug-likeness (QED) is 0.842. The highest BCUT2D eigenvalue weighted by atomic mass is 15.4. The van der Waals surface area contributed by atoms with Gasteiger partial charge < -0.3 is 4.90 Å². The third kappa shape index (κ3) is 1.95. The van der Waals surface area contributed by atoms with E-state index in [1.807, 2.05) is 0 Å². The number of aromatic nitrogens is 1. The van der Waals surface area contributed by atoms with Crippen LogP contribution < -0.4 is 4.90 Å². The average Bonchev–Trinajstić information content (AvgIpc) is 3.11. The molecule has 2 bridgehead atoms. The van der Waals surface area contributed by atoms with Crippen molar-refractivity contribution in [3.63, 3.8) is 0 Å². The van der Waals surface area contributed by atoms with Gasteiger partial charge in [0.15, 0.2) is 0 Å². The molecule has 2 atom stereocenters. The minimum absolute atomic E-state index is 0.591. The molecule has 1 aliphatic carbocycles. The van der Waals surface area contributed by atoms with Crippen molar-refractivity contribution in [2.75, 3.05) is 25.0 Å². The summed E-state index contributed by atoms with van der Waals surface area (Å²) in [4.78, 5) is 9.87. The van der Waals surface area contributed by atoms with Gasteiger partial charge in [0.25, 0.3) is 0 Å². The van der Waals surface area contributed by atoms with Gasteiger partial charge in [0.1, 0.15) is 5.82 Å². The molecular weight excluding hydrogens is 246 g/mol. The third-order valence-electron chi connectivity index (χ3n) is 5.40. The summed E-state index contributed by atoms with van der Waals surface area (Å²) in [6.07, 6.45) is 6.22. The summed E-state index contributed by atoms with van der Waals surface area (Å²) >= 11 is 0. The van der Waals surface area contributed by atoms with E-state index in [0.29, 0.717) is 12.0 Å². The van der Waals surface area contributed by atoms with Crippen LogP contribution in [0.25, 0.3) is 0 Å². The normalized spacial score (nSPS) is 29.7. The van der Waals surface area contributed by atoms with Gasteiger partial charge >= 0.3 is 0 Å². The largest absolute Gasteiger partial charge is 0.351 e. The fraction of sp³-hybridized carbons (Fsp3) is 0.706. The van der Waals surface area contributed by atoms with Gasteiger partial charge in [-0.05, 0) is 55.3 Å². The second-order valence-corrected chi connectivity index (χ2v) is 7.24. The van der Waals surface area contributed by atoms with Crippen molar-refractivity contribution in [3.8, 4) is 0 Å². The smallest absolute Gasteiger partial charge is 0.129 e. The van der Waals surface area contributed by atoms with Gasteiger partial charge in [-0.25, -0.2) is 4.98 Å². The number of hydrogen-bond donors (Lipinski definition) is 0. The third-order valence-corrected chi connectivity index (χ3v) is 5.40. The van der Waals surface area contributed by atoms with E-state index in [0.717, 1.165) is 12.0 Å². The summed E-state index contributed by atoms with van der Waals surface area (Å²) < 4.78 is 0. The zero-order valence-corrected chi connectivity index (χ0v) is 12.8. The van der Waals surface area contributed by atoms with Crippen LogP contribution in [0, 0.1) is 0 Å². The number of hydrogen-bond acceptors (Lipinski definition) is 3. The molecule has 3 heterocycles. The Morgan fingerprint density at radius 2 is 2.00 bits per heavy atom. The van der Waals surface area contributed by atoms with Crippen LogP contribution in [0.2, 0.25) is 0 Å². The van der Waals surface area contributed by atoms with Gasteiger partial charge in [0, 0.05) is 31.4 Å². The number of pyridine rings is 1. The molecule has 0 amide bonds. The van der Waals surface area contributed by atoms with E-state index in [2.05, 4.69) is 43.0 Å². The molecule has 4 rings (SSSR count). The molecule has 3 heteroatoms. The summed E-state index contributed by atoms with van der Waals surface area (Å²) in [5, 5.41) is 0. The number of likely N-dealkylation sites (tertiary alicyclic amines) is 1. The maximum absolute atomic E-state index is 4.80. The highest BCUT2D eigenvalue weighted by Crippen LogP contribution is 2.44. The lowest BCUT2D eigenvalue weighted by atomic mass is 9.96. The molecule has 3 nitrogen and oxygen atoms in total. The van der Waals surface area contributed by atoms with Gasteiger partial charge in [0.05, 0.1) is 0 Å². The minimum atomic E-state index is 0.591. The molecule has 0 unspecified atom stereocenters. The molecule has 20 heavy (non-hydrogen) atoms. The van der Waals surface area contributed by atoms with E-state index in [9.17, 15) is 0 Å². The summed E-state index contributed by atoms with van der Waals surface area (Å²) in [5.41, 5.74) is 3.05. The Hall–Kier alpha value is -1.09. The Balaban J connectivity index is 1.65. The van der Waals surface area contributed by atoms with Crippen molar-refractivity contribution in [1.82, 2.24) is 9.88 Å².